The van der Waals surface area contributed by atoms with Gasteiger partial charge in [0, 0.05) is 23.2 Å². The molecule has 0 saturated heterocycles. The zero-order valence-corrected chi connectivity index (χ0v) is 12.2. The molecule has 0 fully saturated rings. The van der Waals surface area contributed by atoms with Crippen LogP contribution in [0.4, 0.5) is 4.39 Å². The van der Waals surface area contributed by atoms with Crippen LogP contribution in [0.25, 0.3) is 0 Å². The molecule has 0 aliphatic carbocycles. The summed E-state index contributed by atoms with van der Waals surface area (Å²) in [5.74, 6) is 0.176. The molecule has 0 saturated carbocycles. The molecular formula is C14H22ClFN2. The van der Waals surface area contributed by atoms with Crippen molar-refractivity contribution in [3.63, 3.8) is 0 Å². The summed E-state index contributed by atoms with van der Waals surface area (Å²) in [6, 6.07) is 4.85. The topological polar surface area (TPSA) is 29.3 Å². The lowest BCUT2D eigenvalue weighted by molar-refractivity contribution is 0.149. The Labute approximate surface area is 114 Å². The maximum Gasteiger partial charge on any atom is 0.129 e. The highest BCUT2D eigenvalue weighted by Crippen LogP contribution is 2.30. The lowest BCUT2D eigenvalue weighted by Crippen LogP contribution is -2.40. The molecule has 1 aromatic rings. The Morgan fingerprint density at radius 3 is 2.39 bits per heavy atom. The predicted molar refractivity (Wildman–Crippen MR) is 75.3 cm³/mol. The van der Waals surface area contributed by atoms with Crippen molar-refractivity contribution in [2.75, 3.05) is 13.6 Å². The molecule has 0 heterocycles. The van der Waals surface area contributed by atoms with Crippen LogP contribution in [-0.4, -0.2) is 24.5 Å². The number of likely N-dealkylation sites (N-methyl/N-ethyl adjacent to an activating group) is 1. The molecule has 0 bridgehead atoms. The summed E-state index contributed by atoms with van der Waals surface area (Å²) in [4.78, 5) is 2.09. The van der Waals surface area contributed by atoms with Gasteiger partial charge in [-0.15, -0.1) is 0 Å². The maximum atomic E-state index is 13.9. The molecule has 0 aliphatic rings. The van der Waals surface area contributed by atoms with Crippen LogP contribution in [0, 0.1) is 11.7 Å². The Morgan fingerprint density at radius 2 is 1.94 bits per heavy atom. The van der Waals surface area contributed by atoms with Crippen LogP contribution in [0.3, 0.4) is 0 Å². The van der Waals surface area contributed by atoms with E-state index in [-0.39, 0.29) is 11.9 Å². The van der Waals surface area contributed by atoms with E-state index in [2.05, 4.69) is 25.7 Å². The van der Waals surface area contributed by atoms with E-state index in [0.717, 1.165) is 0 Å². The monoisotopic (exact) mass is 272 g/mol. The number of hydrogen-bond donors (Lipinski definition) is 1. The second-order valence-corrected chi connectivity index (χ2v) is 5.44. The third kappa shape index (κ3) is 3.22. The second-order valence-electron chi connectivity index (χ2n) is 5.04. The van der Waals surface area contributed by atoms with Crippen molar-refractivity contribution in [3.05, 3.63) is 34.6 Å². The zero-order chi connectivity index (χ0) is 13.9. The van der Waals surface area contributed by atoms with Gasteiger partial charge in [-0.2, -0.15) is 0 Å². The van der Waals surface area contributed by atoms with E-state index in [0.29, 0.717) is 29.1 Å². The smallest absolute Gasteiger partial charge is 0.129 e. The molecule has 0 spiro atoms. The number of nitrogens with two attached hydrogens (primary N) is 1. The first-order chi connectivity index (χ1) is 8.40. The van der Waals surface area contributed by atoms with Crippen LogP contribution < -0.4 is 5.73 Å². The van der Waals surface area contributed by atoms with Gasteiger partial charge in [-0.05, 0) is 32.0 Å². The molecule has 18 heavy (non-hydrogen) atoms. The lowest BCUT2D eigenvalue weighted by Gasteiger charge is -2.35. The molecule has 0 amide bonds. The Bertz CT molecular complexity index is 375. The number of rotatable bonds is 5. The van der Waals surface area contributed by atoms with Crippen LogP contribution >= 0.6 is 11.6 Å². The highest BCUT2D eigenvalue weighted by molar-refractivity contribution is 6.31. The number of halogens is 2. The highest BCUT2D eigenvalue weighted by atomic mass is 35.5. The van der Waals surface area contributed by atoms with E-state index < -0.39 is 0 Å². The standard InChI is InChI=1S/C14H22ClFN2/c1-9(2)10(3)18(4)13(8-17)14-11(15)6-5-7-12(14)16/h5-7,9-10,13H,8,17H2,1-4H3. The van der Waals surface area contributed by atoms with Gasteiger partial charge in [0.05, 0.1) is 6.04 Å². The molecule has 2 atom stereocenters. The van der Waals surface area contributed by atoms with Crippen LogP contribution in [0.5, 0.6) is 0 Å². The number of nitrogens with zero attached hydrogens (tertiary/aromatic N) is 1. The first kappa shape index (κ1) is 15.4. The van der Waals surface area contributed by atoms with E-state index in [4.69, 9.17) is 17.3 Å². The Kier molecular flexibility index (Phi) is 5.57. The average Bonchev–Trinajstić information content (AvgIpc) is 2.32. The average molecular weight is 273 g/mol. The largest absolute Gasteiger partial charge is 0.329 e. The van der Waals surface area contributed by atoms with E-state index >= 15 is 0 Å². The summed E-state index contributed by atoms with van der Waals surface area (Å²) >= 11 is 6.11. The second kappa shape index (κ2) is 6.50. The van der Waals surface area contributed by atoms with Gasteiger partial charge in [-0.25, -0.2) is 4.39 Å². The van der Waals surface area contributed by atoms with E-state index in [9.17, 15) is 4.39 Å². The van der Waals surface area contributed by atoms with Crippen molar-refractivity contribution in [2.24, 2.45) is 11.7 Å². The quantitative estimate of drug-likeness (QED) is 0.890. The Balaban J connectivity index is 3.10. The summed E-state index contributed by atoms with van der Waals surface area (Å²) in [6.45, 7) is 6.73. The number of hydrogen-bond acceptors (Lipinski definition) is 2. The Hall–Kier alpha value is -0.640. The molecule has 1 rings (SSSR count). The fourth-order valence-electron chi connectivity index (χ4n) is 2.07. The van der Waals surface area contributed by atoms with Gasteiger partial charge in [0.25, 0.3) is 0 Å². The molecule has 1 aromatic carbocycles. The highest BCUT2D eigenvalue weighted by Gasteiger charge is 2.26. The first-order valence-corrected chi connectivity index (χ1v) is 6.63. The summed E-state index contributed by atoms with van der Waals surface area (Å²) < 4.78 is 13.9. The Morgan fingerprint density at radius 1 is 1.33 bits per heavy atom. The van der Waals surface area contributed by atoms with Crippen LogP contribution in [0.15, 0.2) is 18.2 Å². The third-order valence-corrected chi connectivity index (χ3v) is 3.98. The van der Waals surface area contributed by atoms with Gasteiger partial charge in [-0.1, -0.05) is 31.5 Å². The fourth-order valence-corrected chi connectivity index (χ4v) is 2.36. The first-order valence-electron chi connectivity index (χ1n) is 6.26. The van der Waals surface area contributed by atoms with E-state index in [1.54, 1.807) is 12.1 Å². The van der Waals surface area contributed by atoms with Gasteiger partial charge in [0.2, 0.25) is 0 Å². The molecule has 2 N–H and O–H groups in total. The van der Waals surface area contributed by atoms with Gasteiger partial charge in [0.1, 0.15) is 5.82 Å². The molecule has 102 valence electrons. The maximum absolute atomic E-state index is 13.9. The molecule has 2 nitrogen and oxygen atoms in total. The van der Waals surface area contributed by atoms with Crippen molar-refractivity contribution in [2.45, 2.75) is 32.9 Å². The minimum absolute atomic E-state index is 0.198. The fraction of sp³-hybridized carbons (Fsp3) is 0.571. The minimum Gasteiger partial charge on any atom is -0.329 e. The van der Waals surface area contributed by atoms with E-state index in [1.807, 2.05) is 7.05 Å². The van der Waals surface area contributed by atoms with Gasteiger partial charge in [0.15, 0.2) is 0 Å². The summed E-state index contributed by atoms with van der Waals surface area (Å²) in [7, 11) is 1.96. The SMILES string of the molecule is CC(C)C(C)N(C)C(CN)c1c(F)cccc1Cl. The van der Waals surface area contributed by atoms with Crippen molar-refractivity contribution < 1.29 is 4.39 Å². The minimum atomic E-state index is -0.291. The van der Waals surface area contributed by atoms with Crippen LogP contribution in [0.2, 0.25) is 5.02 Å². The molecular weight excluding hydrogens is 251 g/mol. The predicted octanol–water partition coefficient (Wildman–Crippen LogP) is 3.46. The van der Waals surface area contributed by atoms with Crippen molar-refractivity contribution in [3.8, 4) is 0 Å². The summed E-state index contributed by atoms with van der Waals surface area (Å²) in [6.07, 6.45) is 0. The zero-order valence-electron chi connectivity index (χ0n) is 11.5. The van der Waals surface area contributed by atoms with Crippen molar-refractivity contribution >= 4 is 11.6 Å². The normalized spacial score (nSPS) is 15.2. The number of benzene rings is 1. The summed E-state index contributed by atoms with van der Waals surface area (Å²) in [5, 5.41) is 0.438. The molecule has 0 aliphatic heterocycles. The molecule has 0 aromatic heterocycles. The molecule has 2 unspecified atom stereocenters. The molecule has 4 heteroatoms. The van der Waals surface area contributed by atoms with Crippen molar-refractivity contribution in [1.29, 1.82) is 0 Å². The van der Waals surface area contributed by atoms with Gasteiger partial charge < -0.3 is 5.73 Å². The van der Waals surface area contributed by atoms with Crippen molar-refractivity contribution in [1.82, 2.24) is 4.90 Å². The van der Waals surface area contributed by atoms with Crippen LogP contribution in [0.1, 0.15) is 32.4 Å². The van der Waals surface area contributed by atoms with Crippen LogP contribution in [-0.2, 0) is 0 Å². The van der Waals surface area contributed by atoms with Gasteiger partial charge >= 0.3 is 0 Å². The van der Waals surface area contributed by atoms with Gasteiger partial charge in [-0.3, -0.25) is 4.90 Å². The lowest BCUT2D eigenvalue weighted by atomic mass is 9.99. The van der Waals surface area contributed by atoms with E-state index in [1.165, 1.54) is 6.07 Å². The third-order valence-electron chi connectivity index (χ3n) is 3.66. The molecule has 0 radical (unpaired) electrons. The summed E-state index contributed by atoms with van der Waals surface area (Å²) in [5.41, 5.74) is 6.31.